The average molecular weight is 569 g/mol. The molecule has 37 heavy (non-hydrogen) atoms. The van der Waals surface area contributed by atoms with Crippen LogP contribution in [0.1, 0.15) is 11.1 Å². The van der Waals surface area contributed by atoms with Gasteiger partial charge in [0.05, 0.1) is 18.7 Å². The number of carboxylic acid groups (broad SMARTS) is 1. The van der Waals surface area contributed by atoms with Crippen LogP contribution in [-0.4, -0.2) is 85.1 Å². The molecule has 2 aliphatic heterocycles. The third-order valence-electron chi connectivity index (χ3n) is 5.72. The van der Waals surface area contributed by atoms with E-state index in [1.807, 2.05) is 12.1 Å². The average Bonchev–Trinajstić information content (AvgIpc) is 3.31. The van der Waals surface area contributed by atoms with Gasteiger partial charge in [-0.25, -0.2) is 23.0 Å². The number of aliphatic carboxylic acids is 1. The van der Waals surface area contributed by atoms with Crippen molar-refractivity contribution in [3.63, 3.8) is 0 Å². The molecule has 2 atom stereocenters. The monoisotopic (exact) mass is 568 g/mol. The van der Waals surface area contributed by atoms with Gasteiger partial charge in [0.2, 0.25) is 21.1 Å². The Morgan fingerprint density at radius 3 is 2.68 bits per heavy atom. The third-order valence-corrected chi connectivity index (χ3v) is 8.85. The molecule has 2 aromatic rings. The van der Waals surface area contributed by atoms with E-state index in [0.717, 1.165) is 22.9 Å². The molecule has 0 spiro atoms. The number of β-lactam (4-membered cyclic amide) rings is 1. The number of tetrazole rings is 1. The molecule has 1 aromatic carbocycles. The number of carbonyl (C=O) groups excluding carboxylic acids is 2. The molecule has 0 radical (unpaired) electrons. The number of fused-ring (bicyclic) bond motifs is 1. The summed E-state index contributed by atoms with van der Waals surface area (Å²) in [6, 6.07) is 6.43. The summed E-state index contributed by atoms with van der Waals surface area (Å²) >= 11 is 2.46. The van der Waals surface area contributed by atoms with Crippen LogP contribution in [0.3, 0.4) is 0 Å². The van der Waals surface area contributed by atoms with Crippen molar-refractivity contribution in [2.45, 2.75) is 36.1 Å². The summed E-state index contributed by atoms with van der Waals surface area (Å²) in [6.07, 6.45) is 0.0538. The molecule has 6 N–H and O–H groups in total. The smallest absolute Gasteiger partial charge is 0.352 e. The highest BCUT2D eigenvalue weighted by Gasteiger charge is 2.54. The quantitative estimate of drug-likeness (QED) is 0.180. The minimum Gasteiger partial charge on any atom is -0.477 e. The molecule has 0 bridgehead atoms. The van der Waals surface area contributed by atoms with Crippen molar-refractivity contribution in [3.8, 4) is 0 Å². The van der Waals surface area contributed by atoms with E-state index in [-0.39, 0.29) is 47.8 Å². The standard InChI is InChI=1S/C20H24N8O6S3/c21-8-12-4-2-1-3-11(12)7-14(29)23-15-17(30)28-16(19(31)32)13(9-35-18(15)28)10-36-20-24-25-26-27(20)5-6-37(22,33)34/h1-4,15,18H,5-10,21H2,(H,23,29)(H,31,32)(H2,22,33,34)/t15?,18-/m1/s1. The number of nitrogens with zero attached hydrogens (tertiary/aromatic N) is 5. The normalized spacial score (nSPS) is 19.4. The zero-order valence-electron chi connectivity index (χ0n) is 19.3. The van der Waals surface area contributed by atoms with E-state index in [2.05, 4.69) is 20.8 Å². The van der Waals surface area contributed by atoms with Gasteiger partial charge in [0.15, 0.2) is 0 Å². The maximum Gasteiger partial charge on any atom is 0.352 e. The molecule has 14 nitrogen and oxygen atoms in total. The number of carbonyl (C=O) groups is 3. The molecule has 198 valence electrons. The number of primary sulfonamides is 1. The third kappa shape index (κ3) is 6.12. The van der Waals surface area contributed by atoms with E-state index in [0.29, 0.717) is 11.3 Å². The Morgan fingerprint density at radius 1 is 1.27 bits per heavy atom. The summed E-state index contributed by atoms with van der Waals surface area (Å²) in [5.74, 6) is -2.01. The van der Waals surface area contributed by atoms with Crippen LogP contribution in [-0.2, 0) is 43.9 Å². The summed E-state index contributed by atoms with van der Waals surface area (Å²) in [6.45, 7) is 0.224. The van der Waals surface area contributed by atoms with Crippen LogP contribution < -0.4 is 16.2 Å². The molecular formula is C20H24N8O6S3. The summed E-state index contributed by atoms with van der Waals surface area (Å²) in [5.41, 5.74) is 7.67. The highest BCUT2D eigenvalue weighted by atomic mass is 32.2. The van der Waals surface area contributed by atoms with E-state index in [1.165, 1.54) is 21.3 Å². The lowest BCUT2D eigenvalue weighted by atomic mass is 10.0. The Hall–Kier alpha value is -2.99. The number of benzene rings is 1. The van der Waals surface area contributed by atoms with Crippen molar-refractivity contribution >= 4 is 51.3 Å². The highest BCUT2D eigenvalue weighted by molar-refractivity contribution is 8.01. The first kappa shape index (κ1) is 27.1. The first-order chi connectivity index (χ1) is 17.6. The fourth-order valence-corrected chi connectivity index (χ4v) is 6.74. The number of aryl methyl sites for hydroxylation is 1. The summed E-state index contributed by atoms with van der Waals surface area (Å²) in [5, 5.41) is 28.5. The molecule has 1 aromatic heterocycles. The lowest BCUT2D eigenvalue weighted by Crippen LogP contribution is -2.70. The number of aromatic nitrogens is 4. The number of nitrogens with one attached hydrogen (secondary N) is 1. The van der Waals surface area contributed by atoms with Gasteiger partial charge < -0.3 is 16.2 Å². The predicted molar refractivity (Wildman–Crippen MR) is 134 cm³/mol. The number of sulfonamides is 1. The van der Waals surface area contributed by atoms with Gasteiger partial charge in [-0.05, 0) is 27.1 Å². The molecule has 1 saturated heterocycles. The fourth-order valence-electron chi connectivity index (χ4n) is 3.93. The maximum atomic E-state index is 12.9. The topological polar surface area (TPSA) is 216 Å². The molecular weight excluding hydrogens is 544 g/mol. The second kappa shape index (κ2) is 11.2. The Balaban J connectivity index is 1.42. The first-order valence-electron chi connectivity index (χ1n) is 10.9. The van der Waals surface area contributed by atoms with Gasteiger partial charge in [0, 0.05) is 18.1 Å². The fraction of sp³-hybridized carbons (Fsp3) is 0.400. The van der Waals surface area contributed by atoms with Gasteiger partial charge in [0.25, 0.3) is 5.91 Å². The van der Waals surface area contributed by atoms with Crippen molar-refractivity contribution in [2.24, 2.45) is 10.9 Å². The molecule has 2 amide bonds. The van der Waals surface area contributed by atoms with Gasteiger partial charge in [-0.1, -0.05) is 36.0 Å². The molecule has 3 heterocycles. The zero-order valence-corrected chi connectivity index (χ0v) is 21.8. The van der Waals surface area contributed by atoms with Crippen molar-refractivity contribution in [1.29, 1.82) is 0 Å². The number of hydrogen-bond acceptors (Lipinski definition) is 11. The van der Waals surface area contributed by atoms with Crippen molar-refractivity contribution in [3.05, 3.63) is 46.7 Å². The molecule has 0 aliphatic carbocycles. The minimum atomic E-state index is -3.72. The number of thioether (sulfide) groups is 2. The number of hydrogen-bond donors (Lipinski definition) is 4. The minimum absolute atomic E-state index is 0.0538. The molecule has 4 rings (SSSR count). The van der Waals surface area contributed by atoms with E-state index >= 15 is 0 Å². The van der Waals surface area contributed by atoms with Gasteiger partial charge in [-0.2, -0.15) is 0 Å². The number of rotatable bonds is 11. The van der Waals surface area contributed by atoms with Gasteiger partial charge in [-0.3, -0.25) is 14.5 Å². The van der Waals surface area contributed by atoms with Crippen LogP contribution in [0.2, 0.25) is 0 Å². The Kier molecular flexibility index (Phi) is 8.17. The van der Waals surface area contributed by atoms with Crippen molar-refractivity contribution < 1.29 is 27.9 Å². The Morgan fingerprint density at radius 2 is 2.00 bits per heavy atom. The van der Waals surface area contributed by atoms with Crippen molar-refractivity contribution in [2.75, 3.05) is 17.3 Å². The molecule has 1 unspecified atom stereocenters. The molecule has 17 heteroatoms. The zero-order chi connectivity index (χ0) is 26.7. The van der Waals surface area contributed by atoms with E-state index in [4.69, 9.17) is 10.9 Å². The van der Waals surface area contributed by atoms with Gasteiger partial charge >= 0.3 is 5.97 Å². The van der Waals surface area contributed by atoms with E-state index in [9.17, 15) is 27.9 Å². The van der Waals surface area contributed by atoms with Crippen LogP contribution in [0.25, 0.3) is 0 Å². The number of carboxylic acids is 1. The second-order valence-electron chi connectivity index (χ2n) is 8.20. The summed E-state index contributed by atoms with van der Waals surface area (Å²) in [7, 11) is -3.72. The van der Waals surface area contributed by atoms with Crippen LogP contribution in [0.15, 0.2) is 40.7 Å². The largest absolute Gasteiger partial charge is 0.477 e. The van der Waals surface area contributed by atoms with Crippen LogP contribution in [0, 0.1) is 0 Å². The van der Waals surface area contributed by atoms with Crippen LogP contribution in [0.4, 0.5) is 0 Å². The van der Waals surface area contributed by atoms with Gasteiger partial charge in [-0.15, -0.1) is 16.9 Å². The Labute approximate surface area is 220 Å². The van der Waals surface area contributed by atoms with E-state index in [1.54, 1.807) is 12.1 Å². The van der Waals surface area contributed by atoms with Gasteiger partial charge in [0.1, 0.15) is 17.1 Å². The summed E-state index contributed by atoms with van der Waals surface area (Å²) < 4.78 is 23.7. The molecule has 1 fully saturated rings. The lowest BCUT2D eigenvalue weighted by molar-refractivity contribution is -0.150. The van der Waals surface area contributed by atoms with Crippen LogP contribution in [0.5, 0.6) is 0 Å². The predicted octanol–water partition coefficient (Wildman–Crippen LogP) is -1.51. The van der Waals surface area contributed by atoms with Crippen molar-refractivity contribution in [1.82, 2.24) is 30.4 Å². The Bertz CT molecular complexity index is 1360. The lowest BCUT2D eigenvalue weighted by Gasteiger charge is -2.49. The highest BCUT2D eigenvalue weighted by Crippen LogP contribution is 2.41. The number of nitrogens with two attached hydrogens (primary N) is 2. The maximum absolute atomic E-state index is 12.9. The van der Waals surface area contributed by atoms with E-state index < -0.39 is 33.3 Å². The summed E-state index contributed by atoms with van der Waals surface area (Å²) in [4.78, 5) is 38.8. The molecule has 2 aliphatic rings. The van der Waals surface area contributed by atoms with Crippen LogP contribution >= 0.6 is 23.5 Å². The first-order valence-corrected chi connectivity index (χ1v) is 14.7. The second-order valence-corrected chi connectivity index (χ2v) is 12.0. The number of amides is 2. The SMILES string of the molecule is NCc1ccccc1CC(=O)NC1C(=O)N2C(C(=O)O)=C(CSc3nnnn3CCS(N)(=O)=O)CS[C@H]12. The molecule has 0 saturated carbocycles.